The molecule has 1 aromatic carbocycles. The van der Waals surface area contributed by atoms with Gasteiger partial charge in [0.15, 0.2) is 11.5 Å². The Morgan fingerprint density at radius 3 is 2.31 bits per heavy atom. The number of carboxylic acid groups (broad SMARTS) is 1. The van der Waals surface area contributed by atoms with E-state index in [9.17, 15) is 22.8 Å². The van der Waals surface area contributed by atoms with Gasteiger partial charge in [0, 0.05) is 25.2 Å². The molecule has 29 heavy (non-hydrogen) atoms. The number of carbonyl (C=O) groups is 2. The Morgan fingerprint density at radius 2 is 1.72 bits per heavy atom. The largest absolute Gasteiger partial charge is 0.476 e. The third kappa shape index (κ3) is 4.15. The average molecular weight is 408 g/mol. The van der Waals surface area contributed by atoms with Gasteiger partial charge in [-0.05, 0) is 38.1 Å². The summed E-state index contributed by atoms with van der Waals surface area (Å²) >= 11 is 0. The fraction of sp³-hybridized carbons (Fsp3) is 0.368. The lowest BCUT2D eigenvalue weighted by Gasteiger charge is -2.44. The number of anilines is 1. The molecule has 10 heteroatoms. The van der Waals surface area contributed by atoms with Crippen LogP contribution < -0.4 is 4.90 Å². The van der Waals surface area contributed by atoms with Gasteiger partial charge in [0.2, 0.25) is 0 Å². The van der Waals surface area contributed by atoms with Gasteiger partial charge in [-0.1, -0.05) is 12.1 Å². The number of nitrogens with zero attached hydrogens (tertiary/aromatic N) is 4. The lowest BCUT2D eigenvalue weighted by molar-refractivity contribution is -0.138. The van der Waals surface area contributed by atoms with Crippen molar-refractivity contribution in [1.29, 1.82) is 0 Å². The first-order chi connectivity index (χ1) is 13.6. The number of alkyl halides is 3. The third-order valence-electron chi connectivity index (χ3n) is 4.87. The van der Waals surface area contributed by atoms with Crippen LogP contribution in [0.15, 0.2) is 36.4 Å². The van der Waals surface area contributed by atoms with Crippen LogP contribution in [-0.2, 0) is 6.18 Å². The number of halogens is 3. The van der Waals surface area contributed by atoms with E-state index in [4.69, 9.17) is 5.11 Å². The highest BCUT2D eigenvalue weighted by Gasteiger charge is 2.39. The molecule has 7 nitrogen and oxygen atoms in total. The van der Waals surface area contributed by atoms with Gasteiger partial charge in [-0.3, -0.25) is 4.79 Å². The Bertz CT molecular complexity index is 918. The van der Waals surface area contributed by atoms with E-state index in [0.717, 1.165) is 6.07 Å². The molecule has 3 rings (SSSR count). The van der Waals surface area contributed by atoms with E-state index in [0.29, 0.717) is 12.4 Å². The van der Waals surface area contributed by atoms with Gasteiger partial charge < -0.3 is 14.9 Å². The maximum absolute atomic E-state index is 13.3. The van der Waals surface area contributed by atoms with Crippen LogP contribution in [0.25, 0.3) is 0 Å². The number of hydrogen-bond acceptors (Lipinski definition) is 5. The summed E-state index contributed by atoms with van der Waals surface area (Å²) in [5.74, 6) is -1.43. The van der Waals surface area contributed by atoms with Gasteiger partial charge in [-0.25, -0.2) is 4.79 Å². The van der Waals surface area contributed by atoms with Crippen LogP contribution in [0, 0.1) is 0 Å². The van der Waals surface area contributed by atoms with Crippen LogP contribution in [0.4, 0.5) is 19.0 Å². The molecule has 0 aliphatic carbocycles. The van der Waals surface area contributed by atoms with E-state index in [1.54, 1.807) is 6.92 Å². The minimum atomic E-state index is -4.62. The molecule has 0 spiro atoms. The summed E-state index contributed by atoms with van der Waals surface area (Å²) in [4.78, 5) is 27.1. The number of hydrogen-bond donors (Lipinski definition) is 1. The molecule has 1 saturated heterocycles. The number of rotatable bonds is 3. The Morgan fingerprint density at radius 1 is 1.03 bits per heavy atom. The highest BCUT2D eigenvalue weighted by Crippen LogP contribution is 2.33. The molecule has 1 fully saturated rings. The molecule has 0 saturated carbocycles. The highest BCUT2D eigenvalue weighted by atomic mass is 19.4. The Kier molecular flexibility index (Phi) is 5.45. The van der Waals surface area contributed by atoms with Gasteiger partial charge >= 0.3 is 12.1 Å². The van der Waals surface area contributed by atoms with Crippen molar-refractivity contribution in [2.75, 3.05) is 18.0 Å². The Hall–Kier alpha value is -3.17. The normalized spacial score (nSPS) is 19.9. The quantitative estimate of drug-likeness (QED) is 0.841. The van der Waals surface area contributed by atoms with Crippen molar-refractivity contribution in [3.63, 3.8) is 0 Å². The molecule has 2 atom stereocenters. The van der Waals surface area contributed by atoms with Crippen LogP contribution in [0.2, 0.25) is 0 Å². The maximum Gasteiger partial charge on any atom is 0.417 e. The predicted molar refractivity (Wildman–Crippen MR) is 97.7 cm³/mol. The number of piperazine rings is 1. The summed E-state index contributed by atoms with van der Waals surface area (Å²) in [6.45, 7) is 4.07. The minimum Gasteiger partial charge on any atom is -0.476 e. The van der Waals surface area contributed by atoms with E-state index >= 15 is 0 Å². The molecule has 0 bridgehead atoms. The molecule has 154 valence electrons. The van der Waals surface area contributed by atoms with Gasteiger partial charge in [-0.2, -0.15) is 13.2 Å². The number of aromatic carboxylic acids is 1. The molecule has 2 aromatic rings. The topological polar surface area (TPSA) is 86.6 Å². The first kappa shape index (κ1) is 20.6. The molecule has 2 heterocycles. The van der Waals surface area contributed by atoms with Crippen LogP contribution in [-0.4, -0.2) is 57.3 Å². The van der Waals surface area contributed by atoms with Crippen molar-refractivity contribution in [2.45, 2.75) is 32.1 Å². The number of carbonyl (C=O) groups excluding carboxylic acids is 1. The predicted octanol–water partition coefficient (Wildman–Crippen LogP) is 2.93. The third-order valence-corrected chi connectivity index (χ3v) is 4.87. The van der Waals surface area contributed by atoms with E-state index in [1.165, 1.54) is 35.2 Å². The zero-order valence-electron chi connectivity index (χ0n) is 15.7. The SMILES string of the molecule is CC1CN(c2ccc(C(=O)O)nn2)C(C)CN1C(=O)c1ccccc1C(F)(F)F. The van der Waals surface area contributed by atoms with Crippen molar-refractivity contribution >= 4 is 17.7 Å². The van der Waals surface area contributed by atoms with Crippen molar-refractivity contribution in [3.8, 4) is 0 Å². The molecule has 1 aliphatic rings. The van der Waals surface area contributed by atoms with Crippen molar-refractivity contribution < 1.29 is 27.9 Å². The summed E-state index contributed by atoms with van der Waals surface area (Å²) in [5, 5.41) is 16.5. The summed E-state index contributed by atoms with van der Waals surface area (Å²) < 4.78 is 39.9. The van der Waals surface area contributed by atoms with Crippen molar-refractivity contribution in [1.82, 2.24) is 15.1 Å². The fourth-order valence-corrected chi connectivity index (χ4v) is 3.39. The van der Waals surface area contributed by atoms with E-state index in [1.807, 2.05) is 11.8 Å². The molecule has 1 aromatic heterocycles. The van der Waals surface area contributed by atoms with Gasteiger partial charge in [0.05, 0.1) is 11.1 Å². The smallest absolute Gasteiger partial charge is 0.417 e. The second-order valence-corrected chi connectivity index (χ2v) is 6.93. The van der Waals surface area contributed by atoms with Gasteiger partial charge in [0.1, 0.15) is 0 Å². The Labute approximate surface area is 164 Å². The summed E-state index contributed by atoms with van der Waals surface area (Å²) in [6, 6.07) is 6.96. The highest BCUT2D eigenvalue weighted by molar-refractivity contribution is 5.96. The minimum absolute atomic E-state index is 0.188. The zero-order valence-corrected chi connectivity index (χ0v) is 15.7. The molecule has 1 aliphatic heterocycles. The first-order valence-electron chi connectivity index (χ1n) is 8.90. The molecular formula is C19H19F3N4O3. The second-order valence-electron chi connectivity index (χ2n) is 6.93. The van der Waals surface area contributed by atoms with Crippen LogP contribution in [0.1, 0.15) is 40.3 Å². The van der Waals surface area contributed by atoms with Crippen LogP contribution >= 0.6 is 0 Å². The average Bonchev–Trinajstić information content (AvgIpc) is 2.68. The molecule has 1 amide bonds. The van der Waals surface area contributed by atoms with Crippen LogP contribution in [0.5, 0.6) is 0 Å². The molecular weight excluding hydrogens is 389 g/mol. The lowest BCUT2D eigenvalue weighted by atomic mass is 10.0. The number of amides is 1. The number of benzene rings is 1. The van der Waals surface area contributed by atoms with Crippen molar-refractivity contribution in [3.05, 3.63) is 53.2 Å². The van der Waals surface area contributed by atoms with E-state index in [-0.39, 0.29) is 29.9 Å². The lowest BCUT2D eigenvalue weighted by Crippen LogP contribution is -2.58. The fourth-order valence-electron chi connectivity index (χ4n) is 3.39. The standard InChI is InChI=1S/C19H19F3N4O3/c1-11-10-26(17(27)13-5-3-4-6-14(13)19(20,21)22)12(2)9-25(11)16-8-7-15(18(28)29)23-24-16/h3-8,11-12H,9-10H2,1-2H3,(H,28,29). The monoisotopic (exact) mass is 408 g/mol. The van der Waals surface area contributed by atoms with Crippen LogP contribution in [0.3, 0.4) is 0 Å². The Balaban J connectivity index is 1.82. The van der Waals surface area contributed by atoms with Crippen molar-refractivity contribution in [2.24, 2.45) is 0 Å². The molecule has 2 unspecified atom stereocenters. The second kappa shape index (κ2) is 7.69. The van der Waals surface area contributed by atoms with E-state index in [2.05, 4.69) is 10.2 Å². The summed E-state index contributed by atoms with van der Waals surface area (Å²) in [5.41, 5.74) is -1.52. The number of aromatic nitrogens is 2. The zero-order chi connectivity index (χ0) is 21.3. The first-order valence-corrected chi connectivity index (χ1v) is 8.90. The maximum atomic E-state index is 13.3. The molecule has 0 radical (unpaired) electrons. The molecule has 1 N–H and O–H groups in total. The van der Waals surface area contributed by atoms with Gasteiger partial charge in [-0.15, -0.1) is 10.2 Å². The van der Waals surface area contributed by atoms with E-state index < -0.39 is 23.6 Å². The van der Waals surface area contributed by atoms with Gasteiger partial charge in [0.25, 0.3) is 5.91 Å². The number of carboxylic acids is 1. The summed E-state index contributed by atoms with van der Waals surface area (Å²) in [7, 11) is 0. The summed E-state index contributed by atoms with van der Waals surface area (Å²) in [6.07, 6.45) is -4.62.